The molecule has 1 aromatic heterocycles. The molecule has 0 unspecified atom stereocenters. The number of hydrogen-bond donors (Lipinski definition) is 1. The number of nitrogens with one attached hydrogen (secondary N) is 1. The Morgan fingerprint density at radius 3 is 2.64 bits per heavy atom. The van der Waals surface area contributed by atoms with Gasteiger partial charge in [0.2, 0.25) is 5.91 Å². The summed E-state index contributed by atoms with van der Waals surface area (Å²) in [5, 5.41) is 3.97. The standard InChI is InChI=1S/C16H18N4O2/c1-11-14(10-17-18-15(21)12-8-9-12)19(2)20(16(11)22)13-6-4-3-5-7-13/h3-7,10,12H,8-9H2,1-2H3,(H,18,21)/b17-10-. The molecule has 1 fully saturated rings. The number of amides is 1. The molecular formula is C16H18N4O2. The number of aromatic nitrogens is 2. The molecule has 1 aliphatic carbocycles. The van der Waals surface area contributed by atoms with Crippen molar-refractivity contribution < 1.29 is 4.79 Å². The molecule has 1 N–H and O–H groups in total. The SMILES string of the molecule is Cc1c(/C=N\NC(=O)C2CC2)n(C)n(-c2ccccc2)c1=O. The fourth-order valence-electron chi connectivity index (χ4n) is 2.39. The summed E-state index contributed by atoms with van der Waals surface area (Å²) >= 11 is 0. The first-order valence-electron chi connectivity index (χ1n) is 7.26. The molecule has 1 aromatic carbocycles. The van der Waals surface area contributed by atoms with Crippen LogP contribution >= 0.6 is 0 Å². The number of hydrogen-bond acceptors (Lipinski definition) is 3. The molecule has 0 aliphatic heterocycles. The van der Waals surface area contributed by atoms with E-state index in [1.807, 2.05) is 30.3 Å². The molecule has 6 heteroatoms. The largest absolute Gasteiger partial charge is 0.279 e. The van der Waals surface area contributed by atoms with E-state index in [1.54, 1.807) is 23.3 Å². The summed E-state index contributed by atoms with van der Waals surface area (Å²) in [6.07, 6.45) is 3.39. The Morgan fingerprint density at radius 2 is 2.00 bits per heavy atom. The number of carbonyl (C=O) groups excluding carboxylic acids is 1. The van der Waals surface area contributed by atoms with E-state index >= 15 is 0 Å². The first-order valence-corrected chi connectivity index (χ1v) is 7.26. The van der Waals surface area contributed by atoms with Crippen LogP contribution < -0.4 is 11.0 Å². The van der Waals surface area contributed by atoms with Gasteiger partial charge in [-0.25, -0.2) is 10.1 Å². The van der Waals surface area contributed by atoms with Crippen LogP contribution in [-0.2, 0) is 11.8 Å². The zero-order chi connectivity index (χ0) is 15.7. The smallest absolute Gasteiger partial charge is 0.274 e. The van der Waals surface area contributed by atoms with Gasteiger partial charge in [0.1, 0.15) is 0 Å². The zero-order valence-electron chi connectivity index (χ0n) is 12.6. The topological polar surface area (TPSA) is 68.4 Å². The lowest BCUT2D eigenvalue weighted by Gasteiger charge is -2.07. The highest BCUT2D eigenvalue weighted by atomic mass is 16.2. The second-order valence-electron chi connectivity index (χ2n) is 5.49. The van der Waals surface area contributed by atoms with Crippen molar-refractivity contribution in [1.29, 1.82) is 0 Å². The van der Waals surface area contributed by atoms with E-state index in [4.69, 9.17) is 0 Å². The highest BCUT2D eigenvalue weighted by molar-refractivity contribution is 5.84. The Hall–Kier alpha value is -2.63. The summed E-state index contributed by atoms with van der Waals surface area (Å²) in [6, 6.07) is 9.41. The van der Waals surface area contributed by atoms with Crippen molar-refractivity contribution >= 4 is 12.1 Å². The lowest BCUT2D eigenvalue weighted by molar-refractivity contribution is -0.122. The molecular weight excluding hydrogens is 280 g/mol. The Bertz CT molecular complexity index is 782. The number of rotatable bonds is 4. The molecule has 0 bridgehead atoms. The monoisotopic (exact) mass is 298 g/mol. The van der Waals surface area contributed by atoms with Crippen LogP contribution in [-0.4, -0.2) is 21.5 Å². The number of benzene rings is 1. The van der Waals surface area contributed by atoms with Crippen LogP contribution in [0.25, 0.3) is 5.69 Å². The van der Waals surface area contributed by atoms with E-state index in [0.717, 1.165) is 18.5 Å². The summed E-state index contributed by atoms with van der Waals surface area (Å²) in [4.78, 5) is 24.0. The van der Waals surface area contributed by atoms with Gasteiger partial charge in [0.25, 0.3) is 5.56 Å². The van der Waals surface area contributed by atoms with Crippen molar-refractivity contribution in [2.45, 2.75) is 19.8 Å². The molecule has 1 saturated carbocycles. The summed E-state index contributed by atoms with van der Waals surface area (Å²) in [5.74, 6) is 0.0531. The summed E-state index contributed by atoms with van der Waals surface area (Å²) < 4.78 is 3.32. The molecule has 0 atom stereocenters. The van der Waals surface area contributed by atoms with Crippen LogP contribution in [0.1, 0.15) is 24.1 Å². The highest BCUT2D eigenvalue weighted by Gasteiger charge is 2.29. The molecule has 1 aliphatic rings. The van der Waals surface area contributed by atoms with Crippen molar-refractivity contribution in [1.82, 2.24) is 14.8 Å². The normalized spacial score (nSPS) is 14.5. The molecule has 114 valence electrons. The molecule has 6 nitrogen and oxygen atoms in total. The molecule has 0 spiro atoms. The fourth-order valence-corrected chi connectivity index (χ4v) is 2.39. The average molecular weight is 298 g/mol. The van der Waals surface area contributed by atoms with Gasteiger partial charge >= 0.3 is 0 Å². The van der Waals surface area contributed by atoms with E-state index in [-0.39, 0.29) is 17.4 Å². The van der Waals surface area contributed by atoms with Gasteiger partial charge in [-0.15, -0.1) is 0 Å². The molecule has 0 saturated heterocycles. The van der Waals surface area contributed by atoms with Crippen molar-refractivity contribution in [2.75, 3.05) is 0 Å². The third-order valence-electron chi connectivity index (χ3n) is 3.86. The van der Waals surface area contributed by atoms with Crippen LogP contribution in [0.2, 0.25) is 0 Å². The van der Waals surface area contributed by atoms with Crippen LogP contribution in [0.4, 0.5) is 0 Å². The third kappa shape index (κ3) is 2.59. The van der Waals surface area contributed by atoms with Crippen LogP contribution in [0.5, 0.6) is 0 Å². The molecule has 1 heterocycles. The van der Waals surface area contributed by atoms with E-state index in [9.17, 15) is 9.59 Å². The van der Waals surface area contributed by atoms with Gasteiger partial charge in [0, 0.05) is 18.5 Å². The minimum Gasteiger partial charge on any atom is -0.279 e. The Labute approximate surface area is 128 Å². The quantitative estimate of drug-likeness (QED) is 0.684. The maximum atomic E-state index is 12.4. The Morgan fingerprint density at radius 1 is 1.32 bits per heavy atom. The Balaban J connectivity index is 1.91. The summed E-state index contributed by atoms with van der Waals surface area (Å²) in [5.41, 5.74) is 4.48. The van der Waals surface area contributed by atoms with Crippen LogP contribution in [0.3, 0.4) is 0 Å². The van der Waals surface area contributed by atoms with Crippen LogP contribution in [0.15, 0.2) is 40.2 Å². The van der Waals surface area contributed by atoms with Gasteiger partial charge in [-0.3, -0.25) is 14.3 Å². The minimum atomic E-state index is -0.0938. The number of carbonyl (C=O) groups is 1. The van der Waals surface area contributed by atoms with Crippen molar-refractivity contribution in [3.8, 4) is 5.69 Å². The first-order chi connectivity index (χ1) is 10.6. The molecule has 3 rings (SSSR count). The van der Waals surface area contributed by atoms with E-state index in [1.165, 1.54) is 6.21 Å². The molecule has 2 aromatic rings. The van der Waals surface area contributed by atoms with E-state index in [0.29, 0.717) is 11.3 Å². The van der Waals surface area contributed by atoms with Gasteiger partial charge in [-0.1, -0.05) is 18.2 Å². The maximum Gasteiger partial charge on any atom is 0.274 e. The summed E-state index contributed by atoms with van der Waals surface area (Å²) in [6.45, 7) is 1.76. The predicted molar refractivity (Wildman–Crippen MR) is 84.2 cm³/mol. The number of para-hydroxylation sites is 1. The van der Waals surface area contributed by atoms with E-state index in [2.05, 4.69) is 10.5 Å². The molecule has 1 amide bonds. The second-order valence-corrected chi connectivity index (χ2v) is 5.49. The predicted octanol–water partition coefficient (Wildman–Crippen LogP) is 1.34. The number of hydrazone groups is 1. The summed E-state index contributed by atoms with van der Waals surface area (Å²) in [7, 11) is 1.80. The lowest BCUT2D eigenvalue weighted by atomic mass is 10.3. The van der Waals surface area contributed by atoms with Crippen LogP contribution in [0, 0.1) is 12.8 Å². The second kappa shape index (κ2) is 5.63. The van der Waals surface area contributed by atoms with Gasteiger partial charge in [0.15, 0.2) is 0 Å². The van der Waals surface area contributed by atoms with Crippen molar-refractivity contribution in [2.24, 2.45) is 18.1 Å². The lowest BCUT2D eigenvalue weighted by Crippen LogP contribution is -2.20. The van der Waals surface area contributed by atoms with Gasteiger partial charge in [0.05, 0.1) is 17.6 Å². The average Bonchev–Trinajstić information content (AvgIpc) is 3.33. The van der Waals surface area contributed by atoms with Gasteiger partial charge in [-0.2, -0.15) is 5.10 Å². The molecule has 22 heavy (non-hydrogen) atoms. The van der Waals surface area contributed by atoms with Gasteiger partial charge < -0.3 is 0 Å². The molecule has 0 radical (unpaired) electrons. The Kier molecular flexibility index (Phi) is 3.66. The number of nitrogens with zero attached hydrogens (tertiary/aromatic N) is 3. The first kappa shape index (κ1) is 14.3. The van der Waals surface area contributed by atoms with Gasteiger partial charge in [-0.05, 0) is 31.9 Å². The highest BCUT2D eigenvalue weighted by Crippen LogP contribution is 2.28. The van der Waals surface area contributed by atoms with E-state index < -0.39 is 0 Å². The maximum absolute atomic E-state index is 12.4. The fraction of sp³-hybridized carbons (Fsp3) is 0.312. The van der Waals surface area contributed by atoms with Crippen molar-refractivity contribution in [3.63, 3.8) is 0 Å². The minimum absolute atomic E-state index is 0.0543. The van der Waals surface area contributed by atoms with Crippen molar-refractivity contribution in [3.05, 3.63) is 51.9 Å². The zero-order valence-corrected chi connectivity index (χ0v) is 12.6. The third-order valence-corrected chi connectivity index (χ3v) is 3.86.